The molecule has 1 aromatic heterocycles. The van der Waals surface area contributed by atoms with Gasteiger partial charge in [-0.25, -0.2) is 13.2 Å². The highest BCUT2D eigenvalue weighted by molar-refractivity contribution is 7.89. The van der Waals surface area contributed by atoms with Gasteiger partial charge in [0.05, 0.1) is 10.5 Å². The predicted octanol–water partition coefficient (Wildman–Crippen LogP) is 1.29. The van der Waals surface area contributed by atoms with Crippen molar-refractivity contribution in [1.82, 2.24) is 4.31 Å². The first-order valence-electron chi connectivity index (χ1n) is 9.08. The fraction of sp³-hybridized carbons (Fsp3) is 0.316. The van der Waals surface area contributed by atoms with Gasteiger partial charge in [-0.05, 0) is 44.0 Å². The largest absolute Gasteiger partial charge is 0.619 e. The number of esters is 1. The third-order valence-corrected chi connectivity index (χ3v) is 6.43. The highest BCUT2D eigenvalue weighted by Crippen LogP contribution is 2.22. The van der Waals surface area contributed by atoms with Crippen molar-refractivity contribution in [2.75, 3.05) is 18.4 Å². The fourth-order valence-electron chi connectivity index (χ4n) is 2.86. The molecular weight excluding hydrogens is 398 g/mol. The Morgan fingerprint density at radius 1 is 1.10 bits per heavy atom. The zero-order chi connectivity index (χ0) is 21.0. The number of anilines is 1. The summed E-state index contributed by atoms with van der Waals surface area (Å²) in [4.78, 5) is 24.4. The maximum atomic E-state index is 12.5. The van der Waals surface area contributed by atoms with Crippen molar-refractivity contribution < 1.29 is 27.5 Å². The number of aromatic nitrogens is 1. The summed E-state index contributed by atoms with van der Waals surface area (Å²) in [5.74, 6) is -1.30. The molecule has 1 N–H and O–H groups in total. The number of sulfonamides is 1. The van der Waals surface area contributed by atoms with Crippen LogP contribution >= 0.6 is 0 Å². The minimum atomic E-state index is -3.52. The number of ether oxygens (including phenoxy) is 1. The van der Waals surface area contributed by atoms with Crippen molar-refractivity contribution in [1.29, 1.82) is 0 Å². The van der Waals surface area contributed by atoms with E-state index in [1.54, 1.807) is 0 Å². The number of benzene rings is 1. The molecule has 2 aromatic rings. The highest BCUT2D eigenvalue weighted by atomic mass is 32.2. The quantitative estimate of drug-likeness (QED) is 0.428. The molecule has 2 heterocycles. The van der Waals surface area contributed by atoms with Crippen LogP contribution in [0.15, 0.2) is 53.7 Å². The standard InChI is InChI=1S/C19H21N3O6S/c1-14(28-19(24)15-8-12-21(25)13-9-15)18(23)20-16-4-6-17(7-5-16)29(26,27)22-10-2-3-11-22/h4-9,12-14H,2-3,10-11H2,1H3,(H,20,23)/t14-/m0/s1. The van der Waals surface area contributed by atoms with Gasteiger partial charge in [-0.15, -0.1) is 0 Å². The Balaban J connectivity index is 1.59. The first-order chi connectivity index (χ1) is 13.8. The van der Waals surface area contributed by atoms with E-state index in [4.69, 9.17) is 4.74 Å². The highest BCUT2D eigenvalue weighted by Gasteiger charge is 2.27. The normalized spacial score (nSPS) is 15.6. The van der Waals surface area contributed by atoms with E-state index >= 15 is 0 Å². The molecule has 0 spiro atoms. The molecule has 1 saturated heterocycles. The molecular formula is C19H21N3O6S. The molecule has 1 aliphatic rings. The number of carbonyl (C=O) groups is 2. The number of carbonyl (C=O) groups excluding carboxylic acids is 2. The SMILES string of the molecule is C[C@H](OC(=O)c1cc[n+]([O-])cc1)C(=O)Nc1ccc(S(=O)(=O)N2CCCC2)cc1. The summed E-state index contributed by atoms with van der Waals surface area (Å²) in [6.45, 7) is 2.44. The van der Waals surface area contributed by atoms with Crippen LogP contribution in [0, 0.1) is 5.21 Å². The van der Waals surface area contributed by atoms with E-state index < -0.39 is 28.0 Å². The van der Waals surface area contributed by atoms with Crippen LogP contribution in [0.25, 0.3) is 0 Å². The van der Waals surface area contributed by atoms with Crippen LogP contribution in [-0.2, 0) is 19.6 Å². The van der Waals surface area contributed by atoms with E-state index in [-0.39, 0.29) is 10.5 Å². The van der Waals surface area contributed by atoms with E-state index in [0.29, 0.717) is 23.5 Å². The number of hydrogen-bond acceptors (Lipinski definition) is 6. The van der Waals surface area contributed by atoms with E-state index in [9.17, 15) is 23.2 Å². The Morgan fingerprint density at radius 3 is 2.28 bits per heavy atom. The molecule has 0 aliphatic carbocycles. The van der Waals surface area contributed by atoms with Crippen LogP contribution in [0.4, 0.5) is 5.69 Å². The molecule has 0 bridgehead atoms. The van der Waals surface area contributed by atoms with Crippen LogP contribution in [0.1, 0.15) is 30.1 Å². The van der Waals surface area contributed by atoms with Gasteiger partial charge in [0.15, 0.2) is 18.5 Å². The van der Waals surface area contributed by atoms with Crippen LogP contribution in [0.3, 0.4) is 0 Å². The second kappa shape index (κ2) is 8.58. The Bertz CT molecular complexity index is 984. The summed E-state index contributed by atoms with van der Waals surface area (Å²) in [7, 11) is -3.52. The molecule has 9 nitrogen and oxygen atoms in total. The van der Waals surface area contributed by atoms with E-state index in [1.807, 2.05) is 0 Å². The molecule has 0 radical (unpaired) electrons. The molecule has 1 atom stereocenters. The first-order valence-corrected chi connectivity index (χ1v) is 10.5. The minimum Gasteiger partial charge on any atom is -0.619 e. The number of nitrogens with one attached hydrogen (secondary N) is 1. The van der Waals surface area contributed by atoms with E-state index in [1.165, 1.54) is 47.6 Å². The molecule has 1 fully saturated rings. The summed E-state index contributed by atoms with van der Waals surface area (Å²) in [5, 5.41) is 13.6. The maximum absolute atomic E-state index is 12.5. The van der Waals surface area contributed by atoms with Crippen LogP contribution in [0.5, 0.6) is 0 Å². The number of pyridine rings is 1. The summed E-state index contributed by atoms with van der Waals surface area (Å²) in [6.07, 6.45) is 2.92. The van der Waals surface area contributed by atoms with Crippen LogP contribution in [0.2, 0.25) is 0 Å². The smallest absolute Gasteiger partial charge is 0.339 e. The van der Waals surface area contributed by atoms with Gasteiger partial charge < -0.3 is 15.3 Å². The fourth-order valence-corrected chi connectivity index (χ4v) is 4.38. The summed E-state index contributed by atoms with van der Waals surface area (Å²) in [6, 6.07) is 8.42. The third kappa shape index (κ3) is 4.90. The van der Waals surface area contributed by atoms with Crippen molar-refractivity contribution in [3.05, 3.63) is 59.6 Å². The molecule has 1 aliphatic heterocycles. The lowest BCUT2D eigenvalue weighted by Crippen LogP contribution is -2.30. The predicted molar refractivity (Wildman–Crippen MR) is 103 cm³/mol. The lowest BCUT2D eigenvalue weighted by atomic mass is 10.2. The average Bonchev–Trinajstić information content (AvgIpc) is 3.24. The number of rotatable bonds is 6. The van der Waals surface area contributed by atoms with Crippen molar-refractivity contribution in [2.45, 2.75) is 30.8 Å². The van der Waals surface area contributed by atoms with Gasteiger partial charge >= 0.3 is 5.97 Å². The van der Waals surface area contributed by atoms with Gasteiger partial charge in [-0.2, -0.15) is 9.04 Å². The van der Waals surface area contributed by atoms with E-state index in [2.05, 4.69) is 5.32 Å². The lowest BCUT2D eigenvalue weighted by molar-refractivity contribution is -0.605. The molecule has 0 unspecified atom stereocenters. The van der Waals surface area contributed by atoms with Gasteiger partial charge in [0, 0.05) is 30.9 Å². The number of amides is 1. The number of nitrogens with zero attached hydrogens (tertiary/aromatic N) is 2. The Labute approximate surface area is 168 Å². The number of hydrogen-bond donors (Lipinski definition) is 1. The molecule has 154 valence electrons. The van der Waals surface area contributed by atoms with Crippen molar-refractivity contribution in [3.63, 3.8) is 0 Å². The van der Waals surface area contributed by atoms with Crippen LogP contribution in [-0.4, -0.2) is 43.8 Å². The van der Waals surface area contributed by atoms with Crippen molar-refractivity contribution >= 4 is 27.6 Å². The summed E-state index contributed by atoms with van der Waals surface area (Å²) in [5.41, 5.74) is 0.526. The van der Waals surface area contributed by atoms with Crippen molar-refractivity contribution in [3.8, 4) is 0 Å². The minimum absolute atomic E-state index is 0.147. The Hall–Kier alpha value is -2.98. The monoisotopic (exact) mass is 419 g/mol. The molecule has 1 amide bonds. The molecule has 10 heteroatoms. The van der Waals surface area contributed by atoms with E-state index in [0.717, 1.165) is 25.2 Å². The maximum Gasteiger partial charge on any atom is 0.339 e. The molecule has 1 aromatic carbocycles. The zero-order valence-corrected chi connectivity index (χ0v) is 16.6. The molecule has 3 rings (SSSR count). The molecule has 0 saturated carbocycles. The van der Waals surface area contributed by atoms with Gasteiger partial charge in [0.1, 0.15) is 0 Å². The summed E-state index contributed by atoms with van der Waals surface area (Å²) >= 11 is 0. The summed E-state index contributed by atoms with van der Waals surface area (Å²) < 4.78 is 32.1. The first kappa shape index (κ1) is 20.7. The second-order valence-corrected chi connectivity index (χ2v) is 8.56. The van der Waals surface area contributed by atoms with Crippen molar-refractivity contribution in [2.24, 2.45) is 0 Å². The van der Waals surface area contributed by atoms with Gasteiger partial charge in [-0.1, -0.05) is 0 Å². The molecule has 29 heavy (non-hydrogen) atoms. The Kier molecular flexibility index (Phi) is 6.14. The van der Waals surface area contributed by atoms with Crippen LogP contribution < -0.4 is 10.0 Å². The topological polar surface area (TPSA) is 120 Å². The zero-order valence-electron chi connectivity index (χ0n) is 15.8. The van der Waals surface area contributed by atoms with Gasteiger partial charge in [0.2, 0.25) is 10.0 Å². The second-order valence-electron chi connectivity index (χ2n) is 6.62. The van der Waals surface area contributed by atoms with Gasteiger partial charge in [-0.3, -0.25) is 4.79 Å². The lowest BCUT2D eigenvalue weighted by Gasteiger charge is -2.16. The third-order valence-electron chi connectivity index (χ3n) is 4.52. The average molecular weight is 419 g/mol. The van der Waals surface area contributed by atoms with Gasteiger partial charge in [0.25, 0.3) is 5.91 Å². The Morgan fingerprint density at radius 2 is 1.69 bits per heavy atom.